The van der Waals surface area contributed by atoms with Gasteiger partial charge in [-0.05, 0) is 42.5 Å². The zero-order valence-electron chi connectivity index (χ0n) is 21.1. The van der Waals surface area contributed by atoms with Gasteiger partial charge in [0, 0.05) is 40.9 Å². The zero-order valence-corrected chi connectivity index (χ0v) is 21.9. The van der Waals surface area contributed by atoms with Crippen LogP contribution in [0.5, 0.6) is 0 Å². The van der Waals surface area contributed by atoms with Gasteiger partial charge in [0.1, 0.15) is 11.8 Å². The average Bonchev–Trinajstić information content (AvgIpc) is 3.60. The van der Waals surface area contributed by atoms with E-state index in [1.165, 1.54) is 11.3 Å². The smallest absolute Gasteiger partial charge is 0.268 e. The molecular weight excluding hydrogens is 526 g/mol. The maximum atomic E-state index is 13.2. The molecule has 0 bridgehead atoms. The summed E-state index contributed by atoms with van der Waals surface area (Å²) in [5.41, 5.74) is 9.08. The summed E-state index contributed by atoms with van der Waals surface area (Å²) in [5, 5.41) is 14.9. The van der Waals surface area contributed by atoms with E-state index in [-0.39, 0.29) is 37.1 Å². The number of pyridine rings is 1. The number of fused-ring (bicyclic) bond motifs is 1. The molecule has 2 aromatic carbocycles. The van der Waals surface area contributed by atoms with E-state index in [1.807, 2.05) is 42.5 Å². The molecule has 0 aliphatic carbocycles. The highest BCUT2D eigenvalue weighted by atomic mass is 32.1. The fraction of sp³-hybridized carbons (Fsp3) is 0.103. The minimum absolute atomic E-state index is 0.0484. The molecule has 4 N–H and O–H groups in total. The first-order valence-electron chi connectivity index (χ1n) is 12.3. The average molecular weight is 550 g/mol. The van der Waals surface area contributed by atoms with Crippen LogP contribution < -0.4 is 16.4 Å². The molecule has 11 heteroatoms. The molecule has 40 heavy (non-hydrogen) atoms. The van der Waals surface area contributed by atoms with Gasteiger partial charge in [0.15, 0.2) is 5.78 Å². The van der Waals surface area contributed by atoms with E-state index in [9.17, 15) is 14.4 Å². The van der Waals surface area contributed by atoms with Gasteiger partial charge in [0.2, 0.25) is 11.9 Å². The van der Waals surface area contributed by atoms with Gasteiger partial charge in [-0.2, -0.15) is 5.26 Å². The summed E-state index contributed by atoms with van der Waals surface area (Å²) in [6.45, 7) is 0.338. The molecule has 5 aromatic rings. The Morgan fingerprint density at radius 3 is 2.58 bits per heavy atom. The van der Waals surface area contributed by atoms with Crippen molar-refractivity contribution in [3.63, 3.8) is 0 Å². The monoisotopic (exact) mass is 549 g/mol. The van der Waals surface area contributed by atoms with E-state index in [0.29, 0.717) is 32.9 Å². The number of carbonyl (C=O) groups is 3. The van der Waals surface area contributed by atoms with Crippen molar-refractivity contribution in [2.75, 3.05) is 17.2 Å². The molecule has 0 saturated heterocycles. The van der Waals surface area contributed by atoms with Crippen molar-refractivity contribution in [2.45, 2.75) is 13.0 Å². The molecule has 5 rings (SSSR count). The SMILES string of the molecule is N#Cc1ccc(-c2ccc(C(=O)Nc3nc4cc(NCC(=O)c5ccccc5)ccc4n3CCC(N)=O)s2)cn1. The molecular formula is C29H23N7O3S. The van der Waals surface area contributed by atoms with Crippen LogP contribution in [0.4, 0.5) is 11.6 Å². The number of carbonyl (C=O) groups excluding carboxylic acids is 3. The van der Waals surface area contributed by atoms with Gasteiger partial charge in [-0.15, -0.1) is 11.3 Å². The molecule has 0 radical (unpaired) electrons. The third-order valence-corrected chi connectivity index (χ3v) is 7.23. The number of benzene rings is 2. The normalized spacial score (nSPS) is 10.7. The first kappa shape index (κ1) is 26.3. The largest absolute Gasteiger partial charge is 0.378 e. The first-order chi connectivity index (χ1) is 19.4. The molecule has 0 saturated carbocycles. The number of nitriles is 1. The van der Waals surface area contributed by atoms with Gasteiger partial charge in [0.25, 0.3) is 5.91 Å². The van der Waals surface area contributed by atoms with Crippen molar-refractivity contribution >= 4 is 51.6 Å². The topological polar surface area (TPSA) is 156 Å². The lowest BCUT2D eigenvalue weighted by molar-refractivity contribution is -0.118. The number of primary amides is 1. The molecule has 10 nitrogen and oxygen atoms in total. The number of ketones is 1. The van der Waals surface area contributed by atoms with Gasteiger partial charge in [-0.3, -0.25) is 19.7 Å². The number of nitrogens with two attached hydrogens (primary N) is 1. The third-order valence-electron chi connectivity index (χ3n) is 6.10. The molecule has 3 heterocycles. The lowest BCUT2D eigenvalue weighted by Gasteiger charge is -2.09. The lowest BCUT2D eigenvalue weighted by Crippen LogP contribution is -2.18. The van der Waals surface area contributed by atoms with Crippen LogP contribution >= 0.6 is 11.3 Å². The summed E-state index contributed by atoms with van der Waals surface area (Å²) in [6.07, 6.45) is 1.66. The van der Waals surface area contributed by atoms with E-state index in [2.05, 4.69) is 20.6 Å². The fourth-order valence-corrected chi connectivity index (χ4v) is 4.97. The Hall–Kier alpha value is -5.34. The Bertz CT molecular complexity index is 1750. The molecule has 0 atom stereocenters. The number of thiophene rings is 1. The number of anilines is 2. The van der Waals surface area contributed by atoms with E-state index in [4.69, 9.17) is 11.0 Å². The van der Waals surface area contributed by atoms with Crippen LogP contribution in [0, 0.1) is 11.3 Å². The number of rotatable bonds is 10. The number of amides is 2. The predicted molar refractivity (Wildman–Crippen MR) is 153 cm³/mol. The molecule has 0 unspecified atom stereocenters. The number of nitrogens with one attached hydrogen (secondary N) is 2. The summed E-state index contributed by atoms with van der Waals surface area (Å²) in [6, 6.07) is 23.3. The summed E-state index contributed by atoms with van der Waals surface area (Å²) >= 11 is 1.28. The second kappa shape index (κ2) is 11.6. The number of hydrogen-bond donors (Lipinski definition) is 3. The van der Waals surface area contributed by atoms with Crippen LogP contribution in [-0.4, -0.2) is 38.7 Å². The van der Waals surface area contributed by atoms with Crippen molar-refractivity contribution in [3.05, 3.63) is 95.1 Å². The van der Waals surface area contributed by atoms with E-state index < -0.39 is 5.91 Å². The van der Waals surface area contributed by atoms with Crippen LogP contribution in [-0.2, 0) is 11.3 Å². The number of aromatic nitrogens is 3. The quantitative estimate of drug-likeness (QED) is 0.217. The van der Waals surface area contributed by atoms with Crippen LogP contribution in [0.3, 0.4) is 0 Å². The maximum absolute atomic E-state index is 13.2. The van der Waals surface area contributed by atoms with Crippen LogP contribution in [0.1, 0.15) is 32.1 Å². The molecule has 0 aliphatic rings. The predicted octanol–water partition coefficient (Wildman–Crippen LogP) is 4.45. The Labute approximate surface area is 233 Å². The highest BCUT2D eigenvalue weighted by Crippen LogP contribution is 2.29. The molecule has 0 spiro atoms. The Balaban J connectivity index is 1.36. The number of hydrogen-bond acceptors (Lipinski definition) is 8. The Kier molecular flexibility index (Phi) is 7.61. The molecule has 0 fully saturated rings. The maximum Gasteiger partial charge on any atom is 0.268 e. The van der Waals surface area contributed by atoms with Gasteiger partial charge >= 0.3 is 0 Å². The zero-order chi connectivity index (χ0) is 28.1. The molecule has 0 aliphatic heterocycles. The summed E-state index contributed by atoms with van der Waals surface area (Å²) < 4.78 is 1.73. The van der Waals surface area contributed by atoms with Crippen molar-refractivity contribution in [1.82, 2.24) is 14.5 Å². The Morgan fingerprint density at radius 1 is 1.02 bits per heavy atom. The minimum Gasteiger partial charge on any atom is -0.378 e. The number of aryl methyl sites for hydroxylation is 1. The summed E-state index contributed by atoms with van der Waals surface area (Å²) in [4.78, 5) is 47.1. The van der Waals surface area contributed by atoms with Gasteiger partial charge in [-0.1, -0.05) is 30.3 Å². The van der Waals surface area contributed by atoms with Gasteiger partial charge in [0.05, 0.1) is 22.5 Å². The second-order valence-electron chi connectivity index (χ2n) is 8.81. The minimum atomic E-state index is -0.476. The fourth-order valence-electron chi connectivity index (χ4n) is 4.08. The van der Waals surface area contributed by atoms with Gasteiger partial charge in [-0.25, -0.2) is 9.97 Å². The molecule has 3 aromatic heterocycles. The van der Waals surface area contributed by atoms with Crippen molar-refractivity contribution < 1.29 is 14.4 Å². The first-order valence-corrected chi connectivity index (χ1v) is 13.1. The highest BCUT2D eigenvalue weighted by Gasteiger charge is 2.18. The van der Waals surface area contributed by atoms with Crippen molar-refractivity contribution in [3.8, 4) is 16.5 Å². The van der Waals surface area contributed by atoms with Crippen LogP contribution in [0.25, 0.3) is 21.5 Å². The third kappa shape index (κ3) is 5.87. The number of nitrogens with zero attached hydrogens (tertiary/aromatic N) is 4. The van der Waals surface area contributed by atoms with Crippen LogP contribution in [0.15, 0.2) is 79.0 Å². The van der Waals surface area contributed by atoms with E-state index >= 15 is 0 Å². The van der Waals surface area contributed by atoms with E-state index in [1.54, 1.807) is 47.2 Å². The van der Waals surface area contributed by atoms with Crippen molar-refractivity contribution in [2.24, 2.45) is 5.73 Å². The second-order valence-corrected chi connectivity index (χ2v) is 9.90. The lowest BCUT2D eigenvalue weighted by atomic mass is 10.1. The summed E-state index contributed by atoms with van der Waals surface area (Å²) in [5.74, 6) is -0.613. The highest BCUT2D eigenvalue weighted by molar-refractivity contribution is 7.17. The van der Waals surface area contributed by atoms with E-state index in [0.717, 1.165) is 10.4 Å². The van der Waals surface area contributed by atoms with Gasteiger partial charge < -0.3 is 15.6 Å². The molecule has 2 amide bonds. The molecule has 198 valence electrons. The van der Waals surface area contributed by atoms with Crippen LogP contribution in [0.2, 0.25) is 0 Å². The summed E-state index contributed by atoms with van der Waals surface area (Å²) in [7, 11) is 0. The van der Waals surface area contributed by atoms with Crippen molar-refractivity contribution in [1.29, 1.82) is 5.26 Å². The standard InChI is InChI=1S/C29H23N7O3S/c30-15-21-7-6-19(16-32-21)25-10-11-26(40-25)28(39)35-29-34-22-14-20(8-9-23(22)36(29)13-12-27(31)38)33-17-24(37)18-4-2-1-3-5-18/h1-11,14,16,33H,12-13,17H2,(H2,31,38)(H,34,35,39). The number of Topliss-reactive ketones (excluding diaryl/α,β-unsaturated/α-hetero) is 1. The Morgan fingerprint density at radius 2 is 1.85 bits per heavy atom. The number of imidazole rings is 1.